The van der Waals surface area contributed by atoms with E-state index in [1.165, 1.54) is 11.1 Å². The van der Waals surface area contributed by atoms with Gasteiger partial charge in [-0.1, -0.05) is 42.5 Å². The van der Waals surface area contributed by atoms with Crippen molar-refractivity contribution in [3.63, 3.8) is 0 Å². The molecule has 0 spiro atoms. The average Bonchev–Trinajstić information content (AvgIpc) is 3.19. The molecule has 0 aliphatic carbocycles. The van der Waals surface area contributed by atoms with Crippen molar-refractivity contribution in [3.8, 4) is 16.8 Å². The first kappa shape index (κ1) is 15.0. The zero-order valence-corrected chi connectivity index (χ0v) is 14.7. The number of furan rings is 1. The summed E-state index contributed by atoms with van der Waals surface area (Å²) in [5, 5.41) is 7.07. The highest BCUT2D eigenvalue weighted by atomic mass is 16.3. The Bertz CT molecular complexity index is 1250. The summed E-state index contributed by atoms with van der Waals surface area (Å²) in [7, 11) is 0. The van der Waals surface area contributed by atoms with Crippen LogP contribution in [0.15, 0.2) is 77.2 Å². The molecule has 0 aliphatic rings. The third-order valence-electron chi connectivity index (χ3n) is 4.96. The van der Waals surface area contributed by atoms with Crippen molar-refractivity contribution in [1.82, 2.24) is 9.78 Å². The van der Waals surface area contributed by atoms with Gasteiger partial charge in [-0.15, -0.1) is 0 Å². The van der Waals surface area contributed by atoms with Crippen LogP contribution in [0.3, 0.4) is 0 Å². The fourth-order valence-corrected chi connectivity index (χ4v) is 3.76. The zero-order valence-electron chi connectivity index (χ0n) is 14.7. The molecule has 5 rings (SSSR count). The molecule has 126 valence electrons. The number of fused-ring (bicyclic) bond motifs is 3. The number of para-hydroxylation sites is 2. The molecule has 0 radical (unpaired) electrons. The Morgan fingerprint density at radius 1 is 0.769 bits per heavy atom. The van der Waals surface area contributed by atoms with Gasteiger partial charge in [0.15, 0.2) is 0 Å². The van der Waals surface area contributed by atoms with Crippen molar-refractivity contribution in [2.24, 2.45) is 0 Å². The SMILES string of the molecule is Cc1nn(-c2ccccc2)c(C)c1-c1ccc2oc3ccccc3c2c1. The molecule has 0 fully saturated rings. The number of nitrogens with zero attached hydrogens (tertiary/aromatic N) is 2. The predicted molar refractivity (Wildman–Crippen MR) is 106 cm³/mol. The number of benzene rings is 3. The van der Waals surface area contributed by atoms with Gasteiger partial charge < -0.3 is 4.42 Å². The molecule has 0 amide bonds. The molecule has 3 nitrogen and oxygen atoms in total. The third kappa shape index (κ3) is 2.17. The first-order valence-corrected chi connectivity index (χ1v) is 8.76. The van der Waals surface area contributed by atoms with E-state index in [0.717, 1.165) is 39.0 Å². The molecule has 26 heavy (non-hydrogen) atoms. The van der Waals surface area contributed by atoms with Gasteiger partial charge in [-0.3, -0.25) is 0 Å². The number of hydrogen-bond donors (Lipinski definition) is 0. The van der Waals surface area contributed by atoms with Gasteiger partial charge in [0.2, 0.25) is 0 Å². The van der Waals surface area contributed by atoms with E-state index in [1.54, 1.807) is 0 Å². The summed E-state index contributed by atoms with van der Waals surface area (Å²) < 4.78 is 7.97. The molecule has 3 aromatic carbocycles. The molecule has 0 unspecified atom stereocenters. The van der Waals surface area contributed by atoms with Crippen molar-refractivity contribution < 1.29 is 4.42 Å². The lowest BCUT2D eigenvalue weighted by molar-refractivity contribution is 0.669. The summed E-state index contributed by atoms with van der Waals surface area (Å²) in [4.78, 5) is 0. The fraction of sp³-hybridized carbons (Fsp3) is 0.0870. The van der Waals surface area contributed by atoms with Gasteiger partial charge in [-0.25, -0.2) is 4.68 Å². The number of aromatic nitrogens is 2. The molecule has 2 heterocycles. The van der Waals surface area contributed by atoms with E-state index in [2.05, 4.69) is 50.2 Å². The van der Waals surface area contributed by atoms with E-state index >= 15 is 0 Å². The summed E-state index contributed by atoms with van der Waals surface area (Å²) in [5.41, 5.74) is 7.43. The Hall–Kier alpha value is -3.33. The third-order valence-corrected chi connectivity index (χ3v) is 4.96. The van der Waals surface area contributed by atoms with Gasteiger partial charge in [0.25, 0.3) is 0 Å². The minimum atomic E-state index is 0.917. The van der Waals surface area contributed by atoms with Crippen LogP contribution >= 0.6 is 0 Å². The number of rotatable bonds is 2. The fourth-order valence-electron chi connectivity index (χ4n) is 3.76. The summed E-state index contributed by atoms with van der Waals surface area (Å²) in [6.45, 7) is 4.19. The molecule has 3 heteroatoms. The highest BCUT2D eigenvalue weighted by molar-refractivity contribution is 6.06. The monoisotopic (exact) mass is 338 g/mol. The maximum absolute atomic E-state index is 5.96. The summed E-state index contributed by atoms with van der Waals surface area (Å²) >= 11 is 0. The first-order valence-electron chi connectivity index (χ1n) is 8.76. The van der Waals surface area contributed by atoms with Crippen LogP contribution in [0.5, 0.6) is 0 Å². The quantitative estimate of drug-likeness (QED) is 0.392. The summed E-state index contributed by atoms with van der Waals surface area (Å²) in [6.07, 6.45) is 0. The lowest BCUT2D eigenvalue weighted by Gasteiger charge is -2.06. The number of aryl methyl sites for hydroxylation is 1. The van der Waals surface area contributed by atoms with E-state index < -0.39 is 0 Å². The summed E-state index contributed by atoms with van der Waals surface area (Å²) in [6, 6.07) is 24.8. The smallest absolute Gasteiger partial charge is 0.135 e. The second-order valence-corrected chi connectivity index (χ2v) is 6.60. The topological polar surface area (TPSA) is 31.0 Å². The Morgan fingerprint density at radius 2 is 1.50 bits per heavy atom. The van der Waals surface area contributed by atoms with Gasteiger partial charge in [0, 0.05) is 22.0 Å². The molecule has 0 aliphatic heterocycles. The van der Waals surface area contributed by atoms with Gasteiger partial charge >= 0.3 is 0 Å². The lowest BCUT2D eigenvalue weighted by Crippen LogP contribution is -1.98. The van der Waals surface area contributed by atoms with E-state index in [0.29, 0.717) is 0 Å². The Morgan fingerprint density at radius 3 is 2.35 bits per heavy atom. The molecule has 2 aromatic heterocycles. The minimum Gasteiger partial charge on any atom is -0.456 e. The normalized spacial score (nSPS) is 11.5. The van der Waals surface area contributed by atoms with Crippen LogP contribution in [0, 0.1) is 13.8 Å². The Labute approximate surface area is 151 Å². The van der Waals surface area contributed by atoms with E-state index in [-0.39, 0.29) is 0 Å². The molecular weight excluding hydrogens is 320 g/mol. The van der Waals surface area contributed by atoms with Crippen molar-refractivity contribution in [2.75, 3.05) is 0 Å². The minimum absolute atomic E-state index is 0.917. The Kier molecular flexibility index (Phi) is 3.22. The van der Waals surface area contributed by atoms with Crippen molar-refractivity contribution in [3.05, 3.63) is 84.2 Å². The van der Waals surface area contributed by atoms with Crippen LogP contribution in [0.1, 0.15) is 11.4 Å². The standard InChI is InChI=1S/C23H18N2O/c1-15-23(16(2)25(24-15)18-8-4-3-5-9-18)17-12-13-22-20(14-17)19-10-6-7-11-21(19)26-22/h3-14H,1-2H3. The Balaban J connectivity index is 1.73. The van der Waals surface area contributed by atoms with Gasteiger partial charge in [-0.05, 0) is 49.7 Å². The number of hydrogen-bond acceptors (Lipinski definition) is 2. The van der Waals surface area contributed by atoms with Crippen LogP contribution in [0.25, 0.3) is 38.8 Å². The van der Waals surface area contributed by atoms with Crippen molar-refractivity contribution in [1.29, 1.82) is 0 Å². The van der Waals surface area contributed by atoms with Crippen molar-refractivity contribution >= 4 is 21.9 Å². The maximum Gasteiger partial charge on any atom is 0.135 e. The maximum atomic E-state index is 5.96. The van der Waals surface area contributed by atoms with Crippen molar-refractivity contribution in [2.45, 2.75) is 13.8 Å². The van der Waals surface area contributed by atoms with E-state index in [4.69, 9.17) is 9.52 Å². The highest BCUT2D eigenvalue weighted by Crippen LogP contribution is 2.35. The zero-order chi connectivity index (χ0) is 17.7. The largest absolute Gasteiger partial charge is 0.456 e. The van der Waals surface area contributed by atoms with Crippen LogP contribution in [0.2, 0.25) is 0 Å². The molecule has 0 saturated heterocycles. The van der Waals surface area contributed by atoms with Crippen LogP contribution in [-0.2, 0) is 0 Å². The van der Waals surface area contributed by atoms with Gasteiger partial charge in [0.05, 0.1) is 11.4 Å². The second kappa shape index (κ2) is 5.60. The molecule has 0 bridgehead atoms. The van der Waals surface area contributed by atoms with E-state index in [1.807, 2.05) is 41.1 Å². The second-order valence-electron chi connectivity index (χ2n) is 6.60. The van der Waals surface area contributed by atoms with Crippen LogP contribution < -0.4 is 0 Å². The first-order chi connectivity index (χ1) is 12.7. The summed E-state index contributed by atoms with van der Waals surface area (Å²) in [5.74, 6) is 0. The van der Waals surface area contributed by atoms with E-state index in [9.17, 15) is 0 Å². The average molecular weight is 338 g/mol. The molecular formula is C23H18N2O. The van der Waals surface area contributed by atoms with Crippen LogP contribution in [-0.4, -0.2) is 9.78 Å². The lowest BCUT2D eigenvalue weighted by atomic mass is 10.0. The van der Waals surface area contributed by atoms with Gasteiger partial charge in [-0.2, -0.15) is 5.10 Å². The molecule has 0 atom stereocenters. The van der Waals surface area contributed by atoms with Crippen LogP contribution in [0.4, 0.5) is 0 Å². The molecule has 0 N–H and O–H groups in total. The molecule has 5 aromatic rings. The predicted octanol–water partition coefficient (Wildman–Crippen LogP) is 6.06. The highest BCUT2D eigenvalue weighted by Gasteiger charge is 2.16. The van der Waals surface area contributed by atoms with Gasteiger partial charge in [0.1, 0.15) is 11.2 Å². The molecule has 0 saturated carbocycles.